The van der Waals surface area contributed by atoms with Crippen molar-refractivity contribution in [2.24, 2.45) is 0 Å². The fraction of sp³-hybridized carbons (Fsp3) is 0.353. The summed E-state index contributed by atoms with van der Waals surface area (Å²) in [7, 11) is 0. The number of carbonyl (C=O) groups excluding carboxylic acids is 1. The van der Waals surface area contributed by atoms with Crippen LogP contribution in [0.3, 0.4) is 0 Å². The van der Waals surface area contributed by atoms with Gasteiger partial charge in [0.15, 0.2) is 0 Å². The second-order valence-electron chi connectivity index (χ2n) is 5.74. The zero-order valence-corrected chi connectivity index (χ0v) is 12.9. The molecule has 3 rings (SSSR count). The summed E-state index contributed by atoms with van der Waals surface area (Å²) in [4.78, 5) is 25.5. The highest BCUT2D eigenvalue weighted by atomic mass is 16.2. The van der Waals surface area contributed by atoms with Gasteiger partial charge < -0.3 is 5.32 Å². The van der Waals surface area contributed by atoms with Gasteiger partial charge in [0.2, 0.25) is 0 Å². The normalized spacial score (nSPS) is 14.8. The van der Waals surface area contributed by atoms with Crippen molar-refractivity contribution in [2.75, 3.05) is 13.1 Å². The molecule has 0 spiro atoms. The van der Waals surface area contributed by atoms with Crippen molar-refractivity contribution in [3.63, 3.8) is 0 Å². The number of hydrogen-bond donors (Lipinski definition) is 2. The fourth-order valence-electron chi connectivity index (χ4n) is 2.80. The summed E-state index contributed by atoms with van der Waals surface area (Å²) in [5, 5.41) is 8.86. The van der Waals surface area contributed by atoms with Gasteiger partial charge in [-0.2, -0.15) is 5.10 Å². The lowest BCUT2D eigenvalue weighted by Gasteiger charge is -2.17. The predicted molar refractivity (Wildman–Crippen MR) is 87.0 cm³/mol. The third-order valence-electron chi connectivity index (χ3n) is 4.06. The minimum atomic E-state index is -0.322. The number of nitrogens with one attached hydrogen (secondary N) is 2. The van der Waals surface area contributed by atoms with Crippen LogP contribution in [0, 0.1) is 0 Å². The Kier molecular flexibility index (Phi) is 4.83. The van der Waals surface area contributed by atoms with Crippen molar-refractivity contribution in [3.05, 3.63) is 63.6 Å². The maximum Gasteiger partial charge on any atom is 0.271 e. The SMILES string of the molecule is O=C(NCc1ccccc1CN1CCCC1)c1ccc(=O)[nH]n1. The average molecular weight is 312 g/mol. The van der Waals surface area contributed by atoms with E-state index in [4.69, 9.17) is 0 Å². The molecule has 2 aromatic rings. The highest BCUT2D eigenvalue weighted by Crippen LogP contribution is 2.16. The van der Waals surface area contributed by atoms with Crippen LogP contribution in [-0.2, 0) is 13.1 Å². The minimum Gasteiger partial charge on any atom is -0.347 e. The molecular weight excluding hydrogens is 292 g/mol. The highest BCUT2D eigenvalue weighted by Gasteiger charge is 2.14. The van der Waals surface area contributed by atoms with Crippen LogP contribution in [0.25, 0.3) is 0 Å². The lowest BCUT2D eigenvalue weighted by atomic mass is 10.1. The van der Waals surface area contributed by atoms with Crippen LogP contribution in [0.1, 0.15) is 34.5 Å². The molecule has 1 aromatic heterocycles. The van der Waals surface area contributed by atoms with Gasteiger partial charge in [-0.1, -0.05) is 24.3 Å². The molecule has 2 N–H and O–H groups in total. The first kappa shape index (κ1) is 15.4. The number of rotatable bonds is 5. The van der Waals surface area contributed by atoms with Crippen LogP contribution >= 0.6 is 0 Å². The predicted octanol–water partition coefficient (Wildman–Crippen LogP) is 1.30. The van der Waals surface area contributed by atoms with Gasteiger partial charge in [0, 0.05) is 19.2 Å². The number of amides is 1. The van der Waals surface area contributed by atoms with E-state index >= 15 is 0 Å². The van der Waals surface area contributed by atoms with E-state index in [0.29, 0.717) is 6.54 Å². The van der Waals surface area contributed by atoms with E-state index in [1.165, 1.54) is 30.5 Å². The molecule has 0 atom stereocenters. The van der Waals surface area contributed by atoms with Crippen LogP contribution in [0.15, 0.2) is 41.2 Å². The van der Waals surface area contributed by atoms with Crippen molar-refractivity contribution in [3.8, 4) is 0 Å². The second-order valence-corrected chi connectivity index (χ2v) is 5.74. The van der Waals surface area contributed by atoms with Crippen LogP contribution in [0.5, 0.6) is 0 Å². The Morgan fingerprint density at radius 3 is 2.57 bits per heavy atom. The first-order chi connectivity index (χ1) is 11.2. The van der Waals surface area contributed by atoms with Gasteiger partial charge in [-0.05, 0) is 43.1 Å². The number of benzene rings is 1. The summed E-state index contributed by atoms with van der Waals surface area (Å²) in [6.07, 6.45) is 2.52. The van der Waals surface area contributed by atoms with Gasteiger partial charge >= 0.3 is 0 Å². The highest BCUT2D eigenvalue weighted by molar-refractivity contribution is 5.91. The summed E-state index contributed by atoms with van der Waals surface area (Å²) in [5.41, 5.74) is 2.24. The largest absolute Gasteiger partial charge is 0.347 e. The monoisotopic (exact) mass is 312 g/mol. The first-order valence-corrected chi connectivity index (χ1v) is 7.85. The summed E-state index contributed by atoms with van der Waals surface area (Å²) < 4.78 is 0. The van der Waals surface area contributed by atoms with Crippen LogP contribution in [0.4, 0.5) is 0 Å². The fourth-order valence-corrected chi connectivity index (χ4v) is 2.80. The molecule has 1 saturated heterocycles. The van der Waals surface area contributed by atoms with Crippen molar-refractivity contribution >= 4 is 5.91 Å². The Morgan fingerprint density at radius 2 is 1.87 bits per heavy atom. The number of hydrogen-bond acceptors (Lipinski definition) is 4. The quantitative estimate of drug-likeness (QED) is 0.872. The van der Waals surface area contributed by atoms with E-state index < -0.39 is 0 Å². The van der Waals surface area contributed by atoms with Gasteiger partial charge in [0.25, 0.3) is 11.5 Å². The third kappa shape index (κ3) is 4.04. The van der Waals surface area contributed by atoms with E-state index in [2.05, 4.69) is 26.5 Å². The molecule has 23 heavy (non-hydrogen) atoms. The molecule has 0 bridgehead atoms. The molecule has 0 unspecified atom stereocenters. The summed E-state index contributed by atoms with van der Waals surface area (Å²) >= 11 is 0. The van der Waals surface area contributed by atoms with Crippen LogP contribution in [0.2, 0.25) is 0 Å². The molecule has 6 heteroatoms. The van der Waals surface area contributed by atoms with Crippen molar-refractivity contribution in [1.29, 1.82) is 0 Å². The Morgan fingerprint density at radius 1 is 1.13 bits per heavy atom. The number of likely N-dealkylation sites (tertiary alicyclic amines) is 1. The molecule has 120 valence electrons. The number of aromatic amines is 1. The van der Waals surface area contributed by atoms with Crippen LogP contribution < -0.4 is 10.9 Å². The van der Waals surface area contributed by atoms with Crippen LogP contribution in [-0.4, -0.2) is 34.1 Å². The Hall–Kier alpha value is -2.47. The van der Waals surface area contributed by atoms with E-state index in [9.17, 15) is 9.59 Å². The lowest BCUT2D eigenvalue weighted by molar-refractivity contribution is 0.0944. The van der Waals surface area contributed by atoms with Gasteiger partial charge in [0.05, 0.1) is 0 Å². The van der Waals surface area contributed by atoms with E-state index in [1.807, 2.05) is 18.2 Å². The van der Waals surface area contributed by atoms with Crippen molar-refractivity contribution < 1.29 is 4.79 Å². The molecule has 0 radical (unpaired) electrons. The molecule has 0 aliphatic carbocycles. The molecule has 1 amide bonds. The summed E-state index contributed by atoms with van der Waals surface area (Å²) in [6.45, 7) is 3.65. The van der Waals surface area contributed by atoms with Crippen molar-refractivity contribution in [2.45, 2.75) is 25.9 Å². The second kappa shape index (κ2) is 7.19. The molecule has 1 aromatic carbocycles. The van der Waals surface area contributed by atoms with Gasteiger partial charge in [-0.15, -0.1) is 0 Å². The molecule has 2 heterocycles. The summed E-state index contributed by atoms with van der Waals surface area (Å²) in [5.74, 6) is -0.294. The number of aromatic nitrogens is 2. The number of carbonyl (C=O) groups is 1. The van der Waals surface area contributed by atoms with E-state index in [-0.39, 0.29) is 17.2 Å². The maximum atomic E-state index is 12.1. The molecule has 1 aliphatic rings. The topological polar surface area (TPSA) is 78.1 Å². The average Bonchev–Trinajstić information content (AvgIpc) is 3.07. The Balaban J connectivity index is 1.64. The standard InChI is InChI=1S/C17H20N4O2/c22-16-8-7-15(19-20-16)17(23)18-11-13-5-1-2-6-14(13)12-21-9-3-4-10-21/h1-2,5-8H,3-4,9-12H2,(H,18,23)(H,20,22). The molecular formula is C17H20N4O2. The van der Waals surface area contributed by atoms with E-state index in [1.54, 1.807) is 0 Å². The molecule has 1 aliphatic heterocycles. The molecule has 6 nitrogen and oxygen atoms in total. The number of H-pyrrole nitrogens is 1. The molecule has 1 fully saturated rings. The zero-order chi connectivity index (χ0) is 16.1. The lowest BCUT2D eigenvalue weighted by Crippen LogP contribution is -2.26. The summed E-state index contributed by atoms with van der Waals surface area (Å²) in [6, 6.07) is 10.9. The third-order valence-corrected chi connectivity index (χ3v) is 4.06. The van der Waals surface area contributed by atoms with Gasteiger partial charge in [0.1, 0.15) is 5.69 Å². The Labute approximate surface area is 134 Å². The first-order valence-electron chi connectivity index (χ1n) is 7.85. The smallest absolute Gasteiger partial charge is 0.271 e. The van der Waals surface area contributed by atoms with Gasteiger partial charge in [-0.3, -0.25) is 14.5 Å². The molecule has 0 saturated carbocycles. The van der Waals surface area contributed by atoms with Crippen molar-refractivity contribution in [1.82, 2.24) is 20.4 Å². The maximum absolute atomic E-state index is 12.1. The minimum absolute atomic E-state index is 0.210. The zero-order valence-electron chi connectivity index (χ0n) is 12.9. The number of nitrogens with zero attached hydrogens (tertiary/aromatic N) is 2. The Bertz CT molecular complexity index is 715. The van der Waals surface area contributed by atoms with Gasteiger partial charge in [-0.25, -0.2) is 5.10 Å². The van der Waals surface area contributed by atoms with E-state index in [0.717, 1.165) is 25.2 Å².